The summed E-state index contributed by atoms with van der Waals surface area (Å²) in [5.41, 5.74) is 1.29. The number of benzene rings is 2. The summed E-state index contributed by atoms with van der Waals surface area (Å²) in [5.74, 6) is 8.55. The summed E-state index contributed by atoms with van der Waals surface area (Å²) < 4.78 is 33.7. The Kier molecular flexibility index (Phi) is 7.59. The SMILES string of the molecule is COC(=O)c1ccccc1C#CCS(=O)(=O)CC#Cc1ccccc1C(=O)OC. The molecule has 0 unspecified atom stereocenters. The molecule has 0 radical (unpaired) electrons. The van der Waals surface area contributed by atoms with Gasteiger partial charge in [0.25, 0.3) is 0 Å². The summed E-state index contributed by atoms with van der Waals surface area (Å²) in [6.07, 6.45) is 0. The van der Waals surface area contributed by atoms with Gasteiger partial charge in [-0.25, -0.2) is 18.0 Å². The van der Waals surface area contributed by atoms with Crippen LogP contribution in [-0.2, 0) is 19.3 Å². The molecule has 7 heteroatoms. The second-order valence-electron chi connectivity index (χ2n) is 5.71. The number of hydrogen-bond acceptors (Lipinski definition) is 6. The van der Waals surface area contributed by atoms with Crippen molar-refractivity contribution in [3.05, 3.63) is 70.8 Å². The molecule has 148 valence electrons. The van der Waals surface area contributed by atoms with Crippen LogP contribution < -0.4 is 0 Å². The molecule has 0 fully saturated rings. The highest BCUT2D eigenvalue weighted by atomic mass is 32.2. The molecule has 0 heterocycles. The Morgan fingerprint density at radius 3 is 1.52 bits per heavy atom. The average Bonchev–Trinajstić information content (AvgIpc) is 2.73. The third-order valence-corrected chi connectivity index (χ3v) is 4.86. The molecule has 0 bridgehead atoms. The van der Waals surface area contributed by atoms with E-state index < -0.39 is 33.3 Å². The smallest absolute Gasteiger partial charge is 0.339 e. The predicted octanol–water partition coefficient (Wildman–Crippen LogP) is 2.08. The van der Waals surface area contributed by atoms with Crippen LogP contribution in [0.1, 0.15) is 31.8 Å². The molecule has 2 aromatic rings. The van der Waals surface area contributed by atoms with Crippen molar-refractivity contribution in [3.8, 4) is 23.7 Å². The van der Waals surface area contributed by atoms with Crippen LogP contribution in [0.4, 0.5) is 0 Å². The molecule has 0 atom stereocenters. The van der Waals surface area contributed by atoms with Crippen molar-refractivity contribution in [3.63, 3.8) is 0 Å². The van der Waals surface area contributed by atoms with Crippen LogP contribution in [0.25, 0.3) is 0 Å². The molecule has 2 aromatic carbocycles. The first-order valence-electron chi connectivity index (χ1n) is 8.41. The van der Waals surface area contributed by atoms with Crippen LogP contribution in [0.3, 0.4) is 0 Å². The number of carbonyl (C=O) groups excluding carboxylic acids is 2. The standard InChI is InChI=1S/C22H18O6S/c1-27-21(23)19-13-5-3-9-17(19)11-7-15-29(25,26)16-8-12-18-10-4-6-14-20(18)22(24)28-2/h3-6,9-10,13-14H,15-16H2,1-2H3. The zero-order chi connectivity index (χ0) is 21.3. The van der Waals surface area contributed by atoms with Gasteiger partial charge in [0, 0.05) is 11.1 Å². The van der Waals surface area contributed by atoms with Crippen molar-refractivity contribution in [1.29, 1.82) is 0 Å². The van der Waals surface area contributed by atoms with Crippen molar-refractivity contribution in [2.75, 3.05) is 25.7 Å². The Hall–Kier alpha value is -3.55. The van der Waals surface area contributed by atoms with E-state index in [4.69, 9.17) is 0 Å². The monoisotopic (exact) mass is 410 g/mol. The number of ether oxygens (including phenoxy) is 2. The van der Waals surface area contributed by atoms with Crippen LogP contribution in [0.2, 0.25) is 0 Å². The Balaban J connectivity index is 2.12. The number of hydrogen-bond donors (Lipinski definition) is 0. The fraction of sp³-hybridized carbons (Fsp3) is 0.182. The lowest BCUT2D eigenvalue weighted by atomic mass is 10.1. The van der Waals surface area contributed by atoms with Gasteiger partial charge in [-0.3, -0.25) is 0 Å². The van der Waals surface area contributed by atoms with E-state index in [1.165, 1.54) is 14.2 Å². The highest BCUT2D eigenvalue weighted by Crippen LogP contribution is 2.09. The van der Waals surface area contributed by atoms with E-state index in [1.54, 1.807) is 48.5 Å². The van der Waals surface area contributed by atoms with Crippen molar-refractivity contribution in [1.82, 2.24) is 0 Å². The molecule has 2 rings (SSSR count). The molecular weight excluding hydrogens is 392 g/mol. The van der Waals surface area contributed by atoms with Gasteiger partial charge >= 0.3 is 11.9 Å². The molecular formula is C22H18O6S. The van der Waals surface area contributed by atoms with Crippen molar-refractivity contribution >= 4 is 21.8 Å². The number of methoxy groups -OCH3 is 2. The van der Waals surface area contributed by atoms with Gasteiger partial charge in [-0.1, -0.05) is 47.9 Å². The zero-order valence-corrected chi connectivity index (χ0v) is 16.7. The molecule has 0 saturated carbocycles. The molecule has 0 amide bonds. The van der Waals surface area contributed by atoms with Crippen LogP contribution in [0, 0.1) is 23.7 Å². The van der Waals surface area contributed by atoms with E-state index in [-0.39, 0.29) is 11.1 Å². The van der Waals surface area contributed by atoms with Crippen LogP contribution >= 0.6 is 0 Å². The number of carbonyl (C=O) groups is 2. The van der Waals surface area contributed by atoms with Crippen LogP contribution in [0.15, 0.2) is 48.5 Å². The molecule has 0 aromatic heterocycles. The lowest BCUT2D eigenvalue weighted by Crippen LogP contribution is -2.09. The minimum atomic E-state index is -3.58. The van der Waals surface area contributed by atoms with Crippen LogP contribution in [-0.4, -0.2) is 46.1 Å². The number of esters is 2. The first kappa shape index (κ1) is 21.7. The summed E-state index contributed by atoms with van der Waals surface area (Å²) in [5, 5.41) is 0. The lowest BCUT2D eigenvalue weighted by molar-refractivity contribution is 0.0591. The van der Waals surface area contributed by atoms with E-state index in [2.05, 4.69) is 33.2 Å². The number of rotatable bonds is 4. The van der Waals surface area contributed by atoms with E-state index in [0.717, 1.165) is 0 Å². The largest absolute Gasteiger partial charge is 0.465 e. The van der Waals surface area contributed by atoms with Crippen molar-refractivity contribution < 1.29 is 27.5 Å². The Morgan fingerprint density at radius 2 is 1.14 bits per heavy atom. The summed E-state index contributed by atoms with van der Waals surface area (Å²) in [7, 11) is -1.06. The predicted molar refractivity (Wildman–Crippen MR) is 108 cm³/mol. The molecule has 6 nitrogen and oxygen atoms in total. The van der Waals surface area contributed by atoms with Gasteiger partial charge in [0.15, 0.2) is 9.84 Å². The first-order chi connectivity index (χ1) is 13.9. The Morgan fingerprint density at radius 1 is 0.759 bits per heavy atom. The fourth-order valence-corrected chi connectivity index (χ4v) is 2.98. The Bertz CT molecular complexity index is 1060. The van der Waals surface area contributed by atoms with Gasteiger partial charge in [0.05, 0.1) is 25.3 Å². The van der Waals surface area contributed by atoms with Gasteiger partial charge in [-0.05, 0) is 24.3 Å². The van der Waals surface area contributed by atoms with Gasteiger partial charge in [0.2, 0.25) is 0 Å². The van der Waals surface area contributed by atoms with Crippen molar-refractivity contribution in [2.45, 2.75) is 0 Å². The maximum atomic E-state index is 12.2. The summed E-state index contributed by atoms with van der Waals surface area (Å²) in [6, 6.07) is 13.0. The quantitative estimate of drug-likeness (QED) is 0.567. The highest BCUT2D eigenvalue weighted by Gasteiger charge is 2.11. The van der Waals surface area contributed by atoms with E-state index >= 15 is 0 Å². The van der Waals surface area contributed by atoms with Gasteiger partial charge in [0.1, 0.15) is 11.5 Å². The normalized spacial score (nSPS) is 10.0. The summed E-state index contributed by atoms with van der Waals surface area (Å²) >= 11 is 0. The van der Waals surface area contributed by atoms with E-state index in [9.17, 15) is 18.0 Å². The van der Waals surface area contributed by atoms with E-state index in [0.29, 0.717) is 11.1 Å². The molecule has 0 aliphatic carbocycles. The second kappa shape index (κ2) is 10.1. The lowest BCUT2D eigenvalue weighted by Gasteiger charge is -2.01. The first-order valence-corrected chi connectivity index (χ1v) is 10.2. The molecule has 0 N–H and O–H groups in total. The molecule has 29 heavy (non-hydrogen) atoms. The molecule has 0 spiro atoms. The summed E-state index contributed by atoms with van der Waals surface area (Å²) in [6.45, 7) is 0. The van der Waals surface area contributed by atoms with Gasteiger partial charge in [-0.2, -0.15) is 0 Å². The van der Waals surface area contributed by atoms with Crippen molar-refractivity contribution in [2.24, 2.45) is 0 Å². The van der Waals surface area contributed by atoms with Gasteiger partial charge < -0.3 is 9.47 Å². The third-order valence-electron chi connectivity index (χ3n) is 3.70. The van der Waals surface area contributed by atoms with Crippen LogP contribution in [0.5, 0.6) is 0 Å². The second-order valence-corrected chi connectivity index (χ2v) is 7.77. The zero-order valence-electron chi connectivity index (χ0n) is 15.9. The minimum Gasteiger partial charge on any atom is -0.465 e. The topological polar surface area (TPSA) is 86.7 Å². The highest BCUT2D eigenvalue weighted by molar-refractivity contribution is 7.91. The Labute approximate surface area is 169 Å². The maximum Gasteiger partial charge on any atom is 0.339 e. The average molecular weight is 410 g/mol. The molecule has 0 aliphatic heterocycles. The van der Waals surface area contributed by atoms with E-state index in [1.807, 2.05) is 0 Å². The molecule has 0 aliphatic rings. The number of sulfone groups is 1. The minimum absolute atomic E-state index is 0.263. The fourth-order valence-electron chi connectivity index (χ4n) is 2.29. The molecule has 0 saturated heterocycles. The van der Waals surface area contributed by atoms with Gasteiger partial charge in [-0.15, -0.1) is 0 Å². The third kappa shape index (κ3) is 6.24. The summed E-state index contributed by atoms with van der Waals surface area (Å²) in [4.78, 5) is 23.4. The maximum absolute atomic E-state index is 12.2.